The van der Waals surface area contributed by atoms with Gasteiger partial charge in [-0.25, -0.2) is 4.39 Å². The molecule has 2 aliphatic rings. The van der Waals surface area contributed by atoms with E-state index in [1.165, 1.54) is 27.5 Å². The maximum atomic E-state index is 13.7. The summed E-state index contributed by atoms with van der Waals surface area (Å²) in [5, 5.41) is 2.04. The number of nitrogens with two attached hydrogens (primary N) is 1. The van der Waals surface area contributed by atoms with Crippen molar-refractivity contribution in [3.05, 3.63) is 63.1 Å². The molecule has 5 rings (SSSR count). The van der Waals surface area contributed by atoms with E-state index in [0.717, 1.165) is 55.4 Å². The van der Waals surface area contributed by atoms with Gasteiger partial charge in [0.1, 0.15) is 5.82 Å². The average Bonchev–Trinajstić information content (AvgIpc) is 3.15. The van der Waals surface area contributed by atoms with Crippen molar-refractivity contribution in [2.45, 2.75) is 38.8 Å². The zero-order valence-corrected chi connectivity index (χ0v) is 20.0. The predicted molar refractivity (Wildman–Crippen MR) is 132 cm³/mol. The summed E-state index contributed by atoms with van der Waals surface area (Å²) in [4.78, 5) is 18.6. The van der Waals surface area contributed by atoms with Crippen LogP contribution in [0.1, 0.15) is 45.1 Å². The van der Waals surface area contributed by atoms with E-state index in [9.17, 15) is 9.18 Å². The van der Waals surface area contributed by atoms with Crippen molar-refractivity contribution < 1.29 is 13.9 Å². The monoisotopic (exact) mass is 467 g/mol. The van der Waals surface area contributed by atoms with Crippen molar-refractivity contribution in [1.29, 1.82) is 0 Å². The van der Waals surface area contributed by atoms with Gasteiger partial charge in [-0.2, -0.15) is 0 Å². The van der Waals surface area contributed by atoms with Crippen LogP contribution in [0.25, 0.3) is 10.8 Å². The second-order valence-corrected chi connectivity index (χ2v) is 10.2. The molecule has 7 heteroatoms. The van der Waals surface area contributed by atoms with Crippen LogP contribution in [0.2, 0.25) is 0 Å². The molecule has 2 aliphatic heterocycles. The molecule has 0 bridgehead atoms. The molecule has 1 unspecified atom stereocenters. The minimum Gasteiger partial charge on any atom is -0.372 e. The molecule has 0 aliphatic carbocycles. The lowest BCUT2D eigenvalue weighted by molar-refractivity contribution is 0.0282. The lowest BCUT2D eigenvalue weighted by Gasteiger charge is -2.42. The fourth-order valence-corrected chi connectivity index (χ4v) is 6.60. The molecule has 0 spiro atoms. The van der Waals surface area contributed by atoms with Gasteiger partial charge in [0.05, 0.1) is 17.6 Å². The zero-order valence-electron chi connectivity index (χ0n) is 19.1. The highest BCUT2D eigenvalue weighted by molar-refractivity contribution is 7.14. The summed E-state index contributed by atoms with van der Waals surface area (Å²) in [6, 6.07) is 11.5. The lowest BCUT2D eigenvalue weighted by Crippen LogP contribution is -2.52. The standard InChI is InChI=1S/C26H30FN3O2S/c1-16-15-30(22-5-3-4-18-14-19(27)6-7-21(18)22)12-11-29(16)10-8-23-25-20(9-13-32-23)17(2)24(33-25)26(28)31/h3-7,14,16,23H,8-13,15H2,1-2H3,(H2,28,31)/t16-,23?/m1/s1. The summed E-state index contributed by atoms with van der Waals surface area (Å²) in [6.45, 7) is 8.74. The van der Waals surface area contributed by atoms with Gasteiger partial charge in [-0.15, -0.1) is 11.3 Å². The van der Waals surface area contributed by atoms with E-state index < -0.39 is 0 Å². The number of primary amides is 1. The van der Waals surface area contributed by atoms with Gasteiger partial charge in [0.15, 0.2) is 0 Å². The minimum atomic E-state index is -0.341. The fraction of sp³-hybridized carbons (Fsp3) is 0.423. The average molecular weight is 468 g/mol. The van der Waals surface area contributed by atoms with Gasteiger partial charge < -0.3 is 15.4 Å². The van der Waals surface area contributed by atoms with E-state index in [0.29, 0.717) is 17.5 Å². The molecule has 1 fully saturated rings. The largest absolute Gasteiger partial charge is 0.372 e. The third-order valence-corrected chi connectivity index (χ3v) is 8.53. The molecular formula is C26H30FN3O2S. The molecule has 2 atom stereocenters. The Hall–Kier alpha value is -2.48. The van der Waals surface area contributed by atoms with E-state index in [1.807, 2.05) is 25.1 Å². The highest BCUT2D eigenvalue weighted by atomic mass is 32.1. The quantitative estimate of drug-likeness (QED) is 0.593. The summed E-state index contributed by atoms with van der Waals surface area (Å²) < 4.78 is 19.8. The third-order valence-electron chi connectivity index (χ3n) is 7.09. The highest BCUT2D eigenvalue weighted by Gasteiger charge is 2.30. The van der Waals surface area contributed by atoms with Gasteiger partial charge in [0.25, 0.3) is 5.91 Å². The first-order valence-electron chi connectivity index (χ1n) is 11.6. The number of amides is 1. The molecule has 1 aromatic heterocycles. The Kier molecular flexibility index (Phi) is 6.12. The molecule has 0 saturated carbocycles. The topological polar surface area (TPSA) is 58.8 Å². The number of halogens is 1. The Morgan fingerprint density at radius 2 is 2.12 bits per heavy atom. The number of carbonyl (C=O) groups excluding carboxylic acids is 1. The molecule has 174 valence electrons. The molecule has 3 heterocycles. The van der Waals surface area contributed by atoms with Crippen LogP contribution in [-0.4, -0.2) is 49.6 Å². The minimum absolute atomic E-state index is 0.0312. The number of hydrogen-bond donors (Lipinski definition) is 1. The molecular weight excluding hydrogens is 437 g/mol. The van der Waals surface area contributed by atoms with Crippen LogP contribution >= 0.6 is 11.3 Å². The highest BCUT2D eigenvalue weighted by Crippen LogP contribution is 2.39. The van der Waals surface area contributed by atoms with Crippen molar-refractivity contribution in [3.63, 3.8) is 0 Å². The van der Waals surface area contributed by atoms with Crippen molar-refractivity contribution >= 4 is 33.7 Å². The second kappa shape index (κ2) is 9.05. The van der Waals surface area contributed by atoms with Crippen molar-refractivity contribution in [2.75, 3.05) is 37.7 Å². The summed E-state index contributed by atoms with van der Waals surface area (Å²) in [5.41, 5.74) is 9.05. The van der Waals surface area contributed by atoms with Crippen LogP contribution in [0.4, 0.5) is 10.1 Å². The van der Waals surface area contributed by atoms with Crippen molar-refractivity contribution in [1.82, 2.24) is 4.90 Å². The van der Waals surface area contributed by atoms with E-state index in [-0.39, 0.29) is 17.8 Å². The Morgan fingerprint density at radius 1 is 1.27 bits per heavy atom. The number of carbonyl (C=O) groups is 1. The second-order valence-electron chi connectivity index (χ2n) is 9.13. The van der Waals surface area contributed by atoms with Gasteiger partial charge in [-0.3, -0.25) is 9.69 Å². The van der Waals surface area contributed by atoms with Crippen LogP contribution < -0.4 is 10.6 Å². The van der Waals surface area contributed by atoms with Crippen LogP contribution in [0, 0.1) is 12.7 Å². The lowest BCUT2D eigenvalue weighted by atomic mass is 10.00. The number of piperazine rings is 1. The number of hydrogen-bond acceptors (Lipinski definition) is 5. The first-order chi connectivity index (χ1) is 15.9. The fourth-order valence-electron chi connectivity index (χ4n) is 5.31. The van der Waals surface area contributed by atoms with Crippen LogP contribution in [0.5, 0.6) is 0 Å². The maximum absolute atomic E-state index is 13.7. The molecule has 0 radical (unpaired) electrons. The van der Waals surface area contributed by atoms with Crippen LogP contribution in [0.3, 0.4) is 0 Å². The van der Waals surface area contributed by atoms with Gasteiger partial charge in [-0.1, -0.05) is 12.1 Å². The van der Waals surface area contributed by atoms with E-state index in [1.54, 1.807) is 12.1 Å². The van der Waals surface area contributed by atoms with Crippen LogP contribution in [-0.2, 0) is 11.2 Å². The number of nitrogens with zero attached hydrogens (tertiary/aromatic N) is 2. The summed E-state index contributed by atoms with van der Waals surface area (Å²) in [6.07, 6.45) is 1.79. The Balaban J connectivity index is 1.26. The van der Waals surface area contributed by atoms with E-state index in [4.69, 9.17) is 10.5 Å². The van der Waals surface area contributed by atoms with Crippen molar-refractivity contribution in [2.24, 2.45) is 5.73 Å². The van der Waals surface area contributed by atoms with Crippen LogP contribution in [0.15, 0.2) is 36.4 Å². The molecule has 2 N–H and O–H groups in total. The third kappa shape index (κ3) is 4.25. The Labute approximate surface area is 197 Å². The summed E-state index contributed by atoms with van der Waals surface area (Å²) in [5.74, 6) is -0.540. The van der Waals surface area contributed by atoms with Gasteiger partial charge in [0.2, 0.25) is 0 Å². The maximum Gasteiger partial charge on any atom is 0.259 e. The summed E-state index contributed by atoms with van der Waals surface area (Å²) >= 11 is 1.51. The Morgan fingerprint density at radius 3 is 2.91 bits per heavy atom. The molecule has 2 aromatic carbocycles. The SMILES string of the molecule is Cc1c(C(N)=O)sc2c1CCOC2CCN1CCN(c2cccc3cc(F)ccc23)C[C@H]1C. The number of benzene rings is 2. The van der Waals surface area contributed by atoms with E-state index >= 15 is 0 Å². The number of ether oxygens (including phenoxy) is 1. The van der Waals surface area contributed by atoms with Crippen molar-refractivity contribution in [3.8, 4) is 0 Å². The summed E-state index contributed by atoms with van der Waals surface area (Å²) in [7, 11) is 0. The van der Waals surface area contributed by atoms with Gasteiger partial charge in [-0.05, 0) is 67.5 Å². The first-order valence-corrected chi connectivity index (χ1v) is 12.4. The normalized spacial score (nSPS) is 21.4. The number of rotatable bonds is 5. The first kappa shape index (κ1) is 22.3. The molecule has 5 nitrogen and oxygen atoms in total. The Bertz CT molecular complexity index is 1190. The molecule has 1 amide bonds. The number of fused-ring (bicyclic) bond motifs is 2. The molecule has 33 heavy (non-hydrogen) atoms. The predicted octanol–water partition coefficient (Wildman–Crippen LogP) is 4.66. The number of thiophene rings is 1. The number of anilines is 1. The molecule has 3 aromatic rings. The van der Waals surface area contributed by atoms with E-state index in [2.05, 4.69) is 22.8 Å². The van der Waals surface area contributed by atoms with Gasteiger partial charge >= 0.3 is 0 Å². The zero-order chi connectivity index (χ0) is 23.1. The molecule has 1 saturated heterocycles. The van der Waals surface area contributed by atoms with Gasteiger partial charge in [0, 0.05) is 48.2 Å². The smallest absolute Gasteiger partial charge is 0.259 e.